The first kappa shape index (κ1) is 14.4. The van der Waals surface area contributed by atoms with E-state index >= 15 is 0 Å². The Labute approximate surface area is 112 Å². The molecule has 106 valence electrons. The van der Waals surface area contributed by atoms with Crippen LogP contribution in [0.25, 0.3) is 0 Å². The molecule has 0 saturated carbocycles. The zero-order valence-corrected chi connectivity index (χ0v) is 11.6. The number of sulfonamides is 1. The first-order chi connectivity index (χ1) is 9.00. The Morgan fingerprint density at radius 2 is 2.37 bits per heavy atom. The van der Waals surface area contributed by atoms with Gasteiger partial charge >= 0.3 is 0 Å². The number of pyridine rings is 1. The van der Waals surface area contributed by atoms with E-state index in [1.54, 1.807) is 0 Å². The molecule has 19 heavy (non-hydrogen) atoms. The highest BCUT2D eigenvalue weighted by Crippen LogP contribution is 2.18. The number of hydrogen-bond donors (Lipinski definition) is 2. The van der Waals surface area contributed by atoms with Crippen molar-refractivity contribution >= 4 is 10.0 Å². The van der Waals surface area contributed by atoms with Gasteiger partial charge in [0, 0.05) is 12.7 Å². The minimum absolute atomic E-state index is 0.218. The number of hydrogen-bond acceptors (Lipinski definition) is 4. The van der Waals surface area contributed by atoms with Crippen LogP contribution in [0, 0.1) is 17.7 Å². The summed E-state index contributed by atoms with van der Waals surface area (Å²) in [5.41, 5.74) is 0. The minimum atomic E-state index is -3.88. The normalized spacial score (nSPS) is 24.3. The predicted octanol–water partition coefficient (Wildman–Crippen LogP) is 0.745. The highest BCUT2D eigenvalue weighted by atomic mass is 32.2. The second-order valence-corrected chi connectivity index (χ2v) is 6.55. The predicted molar refractivity (Wildman–Crippen MR) is 69.5 cm³/mol. The zero-order valence-electron chi connectivity index (χ0n) is 10.8. The van der Waals surface area contributed by atoms with E-state index in [2.05, 4.69) is 21.9 Å². The lowest BCUT2D eigenvalue weighted by Gasteiger charge is -2.29. The lowest BCUT2D eigenvalue weighted by atomic mass is 9.88. The summed E-state index contributed by atoms with van der Waals surface area (Å²) < 4.78 is 39.8. The van der Waals surface area contributed by atoms with Gasteiger partial charge in [-0.15, -0.1) is 0 Å². The van der Waals surface area contributed by atoms with E-state index in [9.17, 15) is 12.8 Å². The highest BCUT2D eigenvalue weighted by molar-refractivity contribution is 7.89. The lowest BCUT2D eigenvalue weighted by molar-refractivity contribution is 0.275. The summed E-state index contributed by atoms with van der Waals surface area (Å²) in [7, 11) is -3.88. The Balaban J connectivity index is 2.04. The van der Waals surface area contributed by atoms with Gasteiger partial charge < -0.3 is 5.32 Å². The van der Waals surface area contributed by atoms with Crippen LogP contribution in [-0.2, 0) is 10.0 Å². The van der Waals surface area contributed by atoms with Crippen LogP contribution in [0.5, 0.6) is 0 Å². The maximum absolute atomic E-state index is 13.4. The van der Waals surface area contributed by atoms with Gasteiger partial charge in [-0.2, -0.15) is 0 Å². The fourth-order valence-corrected chi connectivity index (χ4v) is 3.28. The van der Waals surface area contributed by atoms with Gasteiger partial charge in [0.2, 0.25) is 5.03 Å². The van der Waals surface area contributed by atoms with Crippen molar-refractivity contribution < 1.29 is 12.8 Å². The molecule has 0 amide bonds. The van der Waals surface area contributed by atoms with Crippen molar-refractivity contribution in [2.24, 2.45) is 11.8 Å². The molecule has 1 saturated heterocycles. The molecule has 7 heteroatoms. The van der Waals surface area contributed by atoms with E-state index in [4.69, 9.17) is 0 Å². The maximum Gasteiger partial charge on any atom is 0.261 e. The molecule has 0 radical (unpaired) electrons. The second-order valence-electron chi connectivity index (χ2n) is 4.87. The summed E-state index contributed by atoms with van der Waals surface area (Å²) in [5, 5.41) is 2.69. The Bertz CT molecular complexity index is 536. The third kappa shape index (κ3) is 3.49. The van der Waals surface area contributed by atoms with Crippen LogP contribution in [0.2, 0.25) is 0 Å². The third-order valence-electron chi connectivity index (χ3n) is 3.50. The molecular weight excluding hydrogens is 269 g/mol. The largest absolute Gasteiger partial charge is 0.316 e. The number of nitrogens with zero attached hydrogens (tertiary/aromatic N) is 1. The summed E-state index contributed by atoms with van der Waals surface area (Å²) in [6.07, 6.45) is 2.28. The number of piperidine rings is 1. The monoisotopic (exact) mass is 287 g/mol. The van der Waals surface area contributed by atoms with Gasteiger partial charge in [0.25, 0.3) is 10.0 Å². The van der Waals surface area contributed by atoms with Crippen LogP contribution < -0.4 is 10.0 Å². The minimum Gasteiger partial charge on any atom is -0.316 e. The Morgan fingerprint density at radius 1 is 1.58 bits per heavy atom. The molecule has 2 atom stereocenters. The van der Waals surface area contributed by atoms with Crippen molar-refractivity contribution in [3.8, 4) is 0 Å². The molecular formula is C12H18FN3O2S. The number of rotatable bonds is 4. The van der Waals surface area contributed by atoms with Crippen LogP contribution in [0.15, 0.2) is 23.4 Å². The van der Waals surface area contributed by atoms with Gasteiger partial charge in [0.15, 0.2) is 5.82 Å². The summed E-state index contributed by atoms with van der Waals surface area (Å²) in [6, 6.07) is 2.45. The van der Waals surface area contributed by atoms with Crippen molar-refractivity contribution in [3.05, 3.63) is 24.1 Å². The maximum atomic E-state index is 13.4. The Hall–Kier alpha value is -1.05. The van der Waals surface area contributed by atoms with Crippen LogP contribution in [0.3, 0.4) is 0 Å². The van der Waals surface area contributed by atoms with E-state index in [1.165, 1.54) is 12.3 Å². The smallest absolute Gasteiger partial charge is 0.261 e. The zero-order chi connectivity index (χ0) is 13.9. The molecule has 2 rings (SSSR count). The van der Waals surface area contributed by atoms with Gasteiger partial charge in [0.05, 0.1) is 0 Å². The number of aromatic nitrogens is 1. The molecule has 1 fully saturated rings. The molecule has 0 spiro atoms. The van der Waals surface area contributed by atoms with Gasteiger partial charge in [-0.3, -0.25) is 0 Å². The van der Waals surface area contributed by atoms with Crippen molar-refractivity contribution in [2.75, 3.05) is 19.6 Å². The van der Waals surface area contributed by atoms with E-state index in [0.29, 0.717) is 12.5 Å². The second kappa shape index (κ2) is 5.94. The summed E-state index contributed by atoms with van der Waals surface area (Å²) in [5.74, 6) is -0.169. The van der Waals surface area contributed by atoms with E-state index < -0.39 is 20.9 Å². The SMILES string of the molecule is CC1CCNCC1CNS(=O)(=O)c1ncccc1F. The van der Waals surface area contributed by atoms with Crippen molar-refractivity contribution in [3.63, 3.8) is 0 Å². The summed E-state index contributed by atoms with van der Waals surface area (Å²) in [6.45, 7) is 4.13. The third-order valence-corrected chi connectivity index (χ3v) is 4.86. The van der Waals surface area contributed by atoms with Crippen molar-refractivity contribution in [1.82, 2.24) is 15.0 Å². The van der Waals surface area contributed by atoms with Crippen LogP contribution in [0.1, 0.15) is 13.3 Å². The fourth-order valence-electron chi connectivity index (χ4n) is 2.18. The molecule has 1 aliphatic heterocycles. The van der Waals surface area contributed by atoms with Gasteiger partial charge in [-0.1, -0.05) is 6.92 Å². The molecule has 1 aromatic heterocycles. The first-order valence-corrected chi connectivity index (χ1v) is 7.80. The van der Waals surface area contributed by atoms with E-state index in [-0.39, 0.29) is 5.92 Å². The average molecular weight is 287 g/mol. The van der Waals surface area contributed by atoms with Gasteiger partial charge in [-0.05, 0) is 43.5 Å². The average Bonchev–Trinajstić information content (AvgIpc) is 2.38. The van der Waals surface area contributed by atoms with Gasteiger partial charge in [-0.25, -0.2) is 22.5 Å². The molecule has 1 aliphatic rings. The van der Waals surface area contributed by atoms with Crippen molar-refractivity contribution in [2.45, 2.75) is 18.4 Å². The summed E-state index contributed by atoms with van der Waals surface area (Å²) >= 11 is 0. The molecule has 2 heterocycles. The van der Waals surface area contributed by atoms with Gasteiger partial charge in [0.1, 0.15) is 0 Å². The molecule has 0 aromatic carbocycles. The number of nitrogens with one attached hydrogen (secondary N) is 2. The number of halogens is 1. The molecule has 2 unspecified atom stereocenters. The summed E-state index contributed by atoms with van der Waals surface area (Å²) in [4.78, 5) is 3.59. The lowest BCUT2D eigenvalue weighted by Crippen LogP contribution is -2.42. The molecule has 5 nitrogen and oxygen atoms in total. The standard InChI is InChI=1S/C12H18FN3O2S/c1-9-4-6-14-7-10(9)8-16-19(17,18)12-11(13)3-2-5-15-12/h2-3,5,9-10,14,16H,4,6-8H2,1H3. The van der Waals surface area contributed by atoms with Crippen LogP contribution >= 0.6 is 0 Å². The van der Waals surface area contributed by atoms with E-state index in [0.717, 1.165) is 25.6 Å². The quantitative estimate of drug-likeness (QED) is 0.857. The molecule has 1 aromatic rings. The Kier molecular flexibility index (Phi) is 4.49. The van der Waals surface area contributed by atoms with Crippen molar-refractivity contribution in [1.29, 1.82) is 0 Å². The van der Waals surface area contributed by atoms with Crippen LogP contribution in [-0.4, -0.2) is 33.0 Å². The molecule has 2 N–H and O–H groups in total. The molecule has 0 bridgehead atoms. The molecule has 0 aliphatic carbocycles. The Morgan fingerprint density at radius 3 is 3.05 bits per heavy atom. The fraction of sp³-hybridized carbons (Fsp3) is 0.583. The topological polar surface area (TPSA) is 71.1 Å². The first-order valence-electron chi connectivity index (χ1n) is 6.31. The van der Waals surface area contributed by atoms with Crippen LogP contribution in [0.4, 0.5) is 4.39 Å². The van der Waals surface area contributed by atoms with E-state index in [1.807, 2.05) is 0 Å². The highest BCUT2D eigenvalue weighted by Gasteiger charge is 2.25.